The monoisotopic (exact) mass is 681 g/mol. The largest absolute Gasteiger partial charge is 0.490 e. The highest BCUT2D eigenvalue weighted by molar-refractivity contribution is 7.99. The smallest absolute Gasteiger partial charge is 0.262 e. The van der Waals surface area contributed by atoms with Crippen LogP contribution in [0.25, 0.3) is 0 Å². The number of nitrogens with zero attached hydrogens (tertiary/aromatic N) is 2. The molecule has 5 atom stereocenters. The zero-order chi connectivity index (χ0) is 32.4. The normalized spacial score (nSPS) is 32.2. The van der Waals surface area contributed by atoms with E-state index in [4.69, 9.17) is 25.8 Å². The third kappa shape index (κ3) is 7.39. The van der Waals surface area contributed by atoms with E-state index in [1.807, 2.05) is 18.2 Å². The Morgan fingerprint density at radius 2 is 2.00 bits per heavy atom. The molecular formula is C37H48ClN3O5S. The van der Waals surface area contributed by atoms with E-state index in [1.165, 1.54) is 11.1 Å². The topological polar surface area (TPSA) is 80.3 Å². The van der Waals surface area contributed by atoms with Crippen molar-refractivity contribution in [3.05, 3.63) is 70.3 Å². The summed E-state index contributed by atoms with van der Waals surface area (Å²) in [6, 6.07) is 12.0. The van der Waals surface area contributed by atoms with Gasteiger partial charge in [0.1, 0.15) is 5.75 Å². The van der Waals surface area contributed by atoms with Crippen molar-refractivity contribution >= 4 is 38.8 Å². The van der Waals surface area contributed by atoms with Crippen LogP contribution in [0.2, 0.25) is 5.02 Å². The molecule has 2 bridgehead atoms. The highest BCUT2D eigenvalue weighted by Gasteiger charge is 2.44. The van der Waals surface area contributed by atoms with Crippen LogP contribution in [0.1, 0.15) is 60.0 Å². The van der Waals surface area contributed by atoms with Crippen molar-refractivity contribution in [1.29, 1.82) is 0 Å². The summed E-state index contributed by atoms with van der Waals surface area (Å²) in [5, 5.41) is 0.770. The Morgan fingerprint density at radius 1 is 1.13 bits per heavy atom. The summed E-state index contributed by atoms with van der Waals surface area (Å²) >= 11 is 6.46. The van der Waals surface area contributed by atoms with Crippen molar-refractivity contribution in [2.75, 3.05) is 69.8 Å². The molecule has 1 N–H and O–H groups in total. The van der Waals surface area contributed by atoms with E-state index in [0.29, 0.717) is 42.8 Å². The molecule has 2 aromatic carbocycles. The van der Waals surface area contributed by atoms with E-state index in [9.17, 15) is 9.00 Å². The van der Waals surface area contributed by atoms with E-state index >= 15 is 0 Å². The van der Waals surface area contributed by atoms with Gasteiger partial charge in [-0.3, -0.25) is 14.4 Å². The third-order valence-electron chi connectivity index (χ3n) is 10.9. The molecule has 10 heteroatoms. The van der Waals surface area contributed by atoms with Crippen LogP contribution in [0.4, 0.5) is 5.69 Å². The lowest BCUT2D eigenvalue weighted by Crippen LogP contribution is -2.50. The Kier molecular flexibility index (Phi) is 9.90. The molecule has 1 spiro atoms. The Bertz CT molecular complexity index is 1590. The molecule has 2 fully saturated rings. The highest BCUT2D eigenvalue weighted by Crippen LogP contribution is 2.47. The molecule has 47 heavy (non-hydrogen) atoms. The molecule has 2 aliphatic carbocycles. The lowest BCUT2D eigenvalue weighted by atomic mass is 9.68. The highest BCUT2D eigenvalue weighted by atomic mass is 35.5. The van der Waals surface area contributed by atoms with Crippen molar-refractivity contribution in [2.24, 2.45) is 11.8 Å². The number of anilines is 1. The summed E-state index contributed by atoms with van der Waals surface area (Å²) < 4.78 is 34.9. The summed E-state index contributed by atoms with van der Waals surface area (Å²) in [7, 11) is -2.79. The molecule has 2 aromatic rings. The second-order valence-corrected chi connectivity index (χ2v) is 16.8. The number of rotatable bonds is 4. The fourth-order valence-electron chi connectivity index (χ4n) is 8.20. The van der Waals surface area contributed by atoms with Crippen molar-refractivity contribution in [3.8, 4) is 5.75 Å². The molecule has 254 valence electrons. The fourth-order valence-corrected chi connectivity index (χ4v) is 9.59. The summed E-state index contributed by atoms with van der Waals surface area (Å²) in [5.41, 5.74) is 3.82. The predicted molar refractivity (Wildman–Crippen MR) is 189 cm³/mol. The molecule has 1 amide bonds. The number of morpholine rings is 1. The van der Waals surface area contributed by atoms with Gasteiger partial charge in [0.05, 0.1) is 38.2 Å². The second kappa shape index (κ2) is 14.1. The van der Waals surface area contributed by atoms with Crippen molar-refractivity contribution in [1.82, 2.24) is 9.62 Å². The first-order valence-corrected chi connectivity index (χ1v) is 19.6. The number of halogens is 1. The number of hydrogen-bond acceptors (Lipinski definition) is 7. The van der Waals surface area contributed by atoms with E-state index in [0.717, 1.165) is 101 Å². The first-order chi connectivity index (χ1) is 22.8. The minimum Gasteiger partial charge on any atom is -0.490 e. The van der Waals surface area contributed by atoms with Gasteiger partial charge in [-0.25, -0.2) is 4.21 Å². The van der Waals surface area contributed by atoms with Crippen LogP contribution in [0.3, 0.4) is 0 Å². The van der Waals surface area contributed by atoms with Crippen LogP contribution >= 0.6 is 11.6 Å². The van der Waals surface area contributed by atoms with Gasteiger partial charge in [-0.1, -0.05) is 29.8 Å². The summed E-state index contributed by atoms with van der Waals surface area (Å²) in [4.78, 5) is 18.3. The van der Waals surface area contributed by atoms with E-state index in [2.05, 4.69) is 44.7 Å². The van der Waals surface area contributed by atoms with Crippen molar-refractivity contribution in [3.63, 3.8) is 0 Å². The number of nitrogens with one attached hydrogen (secondary N) is 1. The fraction of sp³-hybridized carbons (Fsp3) is 0.568. The number of benzene rings is 2. The molecule has 1 saturated carbocycles. The summed E-state index contributed by atoms with van der Waals surface area (Å²) in [5.74, 6) is 5.48. The van der Waals surface area contributed by atoms with Gasteiger partial charge >= 0.3 is 0 Å². The molecule has 7 rings (SSSR count). The lowest BCUT2D eigenvalue weighted by Gasteiger charge is -2.46. The third-order valence-corrected chi connectivity index (χ3v) is 12.7. The number of carbonyl (C=O) groups excluding carboxylic acids is 1. The quantitative estimate of drug-likeness (QED) is 0.348. The Morgan fingerprint density at radius 3 is 2.83 bits per heavy atom. The van der Waals surface area contributed by atoms with E-state index < -0.39 is 9.71 Å². The SMILES string of the molecule is C=S1(=O)CCC/C=C/[C@@H](OCCN2CCOCC2)[C@@H]2CC[C@H]2CN2C[C@@]3(CCCc4cc(Cl)ccc43)COc3ccc(cc32)C(=O)N1. The summed E-state index contributed by atoms with van der Waals surface area (Å²) in [6.45, 7) is 7.25. The number of hydrogen-bond donors (Lipinski definition) is 1. The molecule has 5 aliphatic rings. The predicted octanol–water partition coefficient (Wildman–Crippen LogP) is 5.27. The van der Waals surface area contributed by atoms with Gasteiger partial charge < -0.3 is 19.1 Å². The van der Waals surface area contributed by atoms with Crippen LogP contribution in [-0.4, -0.2) is 91.9 Å². The molecule has 8 nitrogen and oxygen atoms in total. The molecule has 1 saturated heterocycles. The number of aryl methyl sites for hydroxylation is 1. The summed E-state index contributed by atoms with van der Waals surface area (Å²) in [6.07, 6.45) is 11.2. The average Bonchev–Trinajstić information content (AvgIpc) is 3.19. The van der Waals surface area contributed by atoms with Gasteiger partial charge in [-0.15, -0.1) is 0 Å². The van der Waals surface area contributed by atoms with Crippen LogP contribution in [0.5, 0.6) is 5.75 Å². The molecule has 0 radical (unpaired) electrons. The first-order valence-electron chi connectivity index (χ1n) is 17.3. The maximum Gasteiger partial charge on any atom is 0.262 e. The van der Waals surface area contributed by atoms with E-state index in [1.54, 1.807) is 6.07 Å². The van der Waals surface area contributed by atoms with Gasteiger partial charge in [0.15, 0.2) is 0 Å². The maximum atomic E-state index is 13.4. The van der Waals surface area contributed by atoms with Gasteiger partial charge in [0.2, 0.25) is 0 Å². The lowest BCUT2D eigenvalue weighted by molar-refractivity contribution is -0.0314. The molecule has 3 heterocycles. The standard InChI is InChI=1S/C37H48ClN3O5S/c1-47(43)21-4-2-3-7-34(45-20-17-40-15-18-44-19-16-40)31-11-8-29(31)24-41-25-37(14-5-6-27-22-30(38)10-12-32(27)37)26-46-35-13-9-28(23-33(35)41)36(42)39-47/h3,7,9-10,12-13,22-23,29,31,34H,1-2,4-6,8,11,14-21,24-26H2,(H,39,42,43)/b7-3+/t29-,31+,34+,37-,47?/m0/s1. The Balaban J connectivity index is 1.21. The average molecular weight is 682 g/mol. The minimum absolute atomic E-state index is 0.0204. The van der Waals surface area contributed by atoms with Gasteiger partial charge in [-0.2, -0.15) is 0 Å². The van der Waals surface area contributed by atoms with Crippen molar-refractivity contribution < 1.29 is 23.2 Å². The molecule has 1 unspecified atom stereocenters. The number of fused-ring (bicyclic) bond motifs is 4. The zero-order valence-corrected chi connectivity index (χ0v) is 28.9. The van der Waals surface area contributed by atoms with Crippen LogP contribution in [-0.2, 0) is 31.0 Å². The Labute approximate surface area is 284 Å². The van der Waals surface area contributed by atoms with Gasteiger partial charge in [0.25, 0.3) is 5.91 Å². The van der Waals surface area contributed by atoms with Gasteiger partial charge in [-0.05, 0) is 104 Å². The second-order valence-electron chi connectivity index (χ2n) is 14.1. The van der Waals surface area contributed by atoms with Crippen LogP contribution in [0.15, 0.2) is 48.6 Å². The van der Waals surface area contributed by atoms with Gasteiger partial charge in [0, 0.05) is 64.2 Å². The van der Waals surface area contributed by atoms with E-state index in [-0.39, 0.29) is 17.4 Å². The van der Waals surface area contributed by atoms with Crippen molar-refractivity contribution in [2.45, 2.75) is 56.5 Å². The first kappa shape index (κ1) is 33.0. The number of allylic oxidation sites excluding steroid dienone is 1. The van der Waals surface area contributed by atoms with Crippen LogP contribution in [0, 0.1) is 11.8 Å². The molecule has 3 aliphatic heterocycles. The maximum absolute atomic E-state index is 13.4. The molecule has 0 aromatic heterocycles. The minimum atomic E-state index is -2.79. The zero-order valence-electron chi connectivity index (χ0n) is 27.3. The number of amides is 1. The number of carbonyl (C=O) groups is 1. The van der Waals surface area contributed by atoms with Crippen LogP contribution < -0.4 is 14.4 Å². The molecular weight excluding hydrogens is 634 g/mol. The number of ether oxygens (including phenoxy) is 3. The Hall–Kier alpha value is -2.56.